The Balaban J connectivity index is 1.33. The van der Waals surface area contributed by atoms with Crippen molar-refractivity contribution in [3.8, 4) is 11.5 Å². The molecule has 4 rings (SSSR count). The lowest BCUT2D eigenvalue weighted by atomic mass is 10.00. The monoisotopic (exact) mass is 415 g/mol. The number of methoxy groups -OCH3 is 2. The van der Waals surface area contributed by atoms with E-state index in [9.17, 15) is 14.4 Å². The lowest BCUT2D eigenvalue weighted by Crippen LogP contribution is -2.38. The Kier molecular flexibility index (Phi) is 5.94. The van der Waals surface area contributed by atoms with Gasteiger partial charge >= 0.3 is 0 Å². The van der Waals surface area contributed by atoms with Crippen LogP contribution < -0.4 is 9.47 Å². The van der Waals surface area contributed by atoms with Crippen molar-refractivity contribution in [2.24, 2.45) is 11.8 Å². The lowest BCUT2D eigenvalue weighted by Gasteiger charge is -2.22. The second kappa shape index (κ2) is 8.63. The van der Waals surface area contributed by atoms with E-state index in [0.29, 0.717) is 45.6 Å². The quantitative estimate of drug-likeness (QED) is 0.593. The summed E-state index contributed by atoms with van der Waals surface area (Å²) >= 11 is 0. The van der Waals surface area contributed by atoms with Gasteiger partial charge in [-0.2, -0.15) is 0 Å². The van der Waals surface area contributed by atoms with Crippen molar-refractivity contribution in [1.29, 1.82) is 0 Å². The standard InChI is InChI=1S/C22H29N3O5/c1-29-16-9-15(10-17(11-16)30-2)12-23-13-18-19(14-23)22(28)25(21(18)27)8-4-7-24-6-3-5-20(24)26/h9-11,18-19H,3-8,12-14H2,1-2H3/t18-,19+. The first-order valence-electron chi connectivity index (χ1n) is 10.6. The van der Waals surface area contributed by atoms with Crippen LogP contribution in [0.3, 0.4) is 0 Å². The van der Waals surface area contributed by atoms with E-state index in [1.54, 1.807) is 14.2 Å². The molecule has 3 fully saturated rings. The largest absolute Gasteiger partial charge is 0.497 e. The molecule has 0 spiro atoms. The van der Waals surface area contributed by atoms with Crippen LogP contribution in [0, 0.1) is 11.8 Å². The van der Waals surface area contributed by atoms with Crippen LogP contribution in [0.2, 0.25) is 0 Å². The van der Waals surface area contributed by atoms with Crippen LogP contribution in [0.4, 0.5) is 0 Å². The smallest absolute Gasteiger partial charge is 0.234 e. The highest BCUT2D eigenvalue weighted by atomic mass is 16.5. The summed E-state index contributed by atoms with van der Waals surface area (Å²) in [7, 11) is 3.23. The number of amides is 3. The van der Waals surface area contributed by atoms with Gasteiger partial charge in [0, 0.05) is 51.8 Å². The molecule has 1 aromatic rings. The van der Waals surface area contributed by atoms with Gasteiger partial charge in [0.1, 0.15) is 11.5 Å². The van der Waals surface area contributed by atoms with Crippen LogP contribution in [-0.2, 0) is 20.9 Å². The highest BCUT2D eigenvalue weighted by molar-refractivity contribution is 6.05. The summed E-state index contributed by atoms with van der Waals surface area (Å²) in [6, 6.07) is 5.72. The van der Waals surface area contributed by atoms with Crippen LogP contribution in [0.25, 0.3) is 0 Å². The van der Waals surface area contributed by atoms with Gasteiger partial charge in [-0.15, -0.1) is 0 Å². The molecule has 3 saturated heterocycles. The Hall–Kier alpha value is -2.61. The molecule has 1 aromatic carbocycles. The predicted molar refractivity (Wildman–Crippen MR) is 109 cm³/mol. The van der Waals surface area contributed by atoms with Crippen molar-refractivity contribution in [1.82, 2.24) is 14.7 Å². The maximum Gasteiger partial charge on any atom is 0.234 e. The zero-order valence-corrected chi connectivity index (χ0v) is 17.6. The number of carbonyl (C=O) groups excluding carboxylic acids is 3. The number of hydrogen-bond acceptors (Lipinski definition) is 6. The first-order valence-corrected chi connectivity index (χ1v) is 10.6. The summed E-state index contributed by atoms with van der Waals surface area (Å²) in [4.78, 5) is 42.8. The fourth-order valence-corrected chi connectivity index (χ4v) is 4.82. The summed E-state index contributed by atoms with van der Waals surface area (Å²) in [6.45, 7) is 3.61. The average molecular weight is 415 g/mol. The number of ether oxygens (including phenoxy) is 2. The maximum absolute atomic E-state index is 12.8. The highest BCUT2D eigenvalue weighted by Gasteiger charge is 2.51. The maximum atomic E-state index is 12.8. The van der Waals surface area contributed by atoms with Crippen molar-refractivity contribution in [3.63, 3.8) is 0 Å². The summed E-state index contributed by atoms with van der Waals surface area (Å²) < 4.78 is 10.7. The third-order valence-corrected chi connectivity index (χ3v) is 6.36. The number of rotatable bonds is 8. The molecule has 8 heteroatoms. The minimum absolute atomic E-state index is 0.0662. The van der Waals surface area contributed by atoms with Crippen LogP contribution in [0.5, 0.6) is 11.5 Å². The first-order chi connectivity index (χ1) is 14.5. The number of likely N-dealkylation sites (tertiary alicyclic amines) is 3. The van der Waals surface area contributed by atoms with Crippen molar-refractivity contribution in [3.05, 3.63) is 23.8 Å². The van der Waals surface area contributed by atoms with Gasteiger partial charge in [-0.1, -0.05) is 0 Å². The molecule has 2 atom stereocenters. The number of carbonyl (C=O) groups is 3. The summed E-state index contributed by atoms with van der Waals surface area (Å²) in [6.07, 6.45) is 2.16. The number of imide groups is 1. The minimum atomic E-state index is -0.265. The molecule has 0 aliphatic carbocycles. The molecular weight excluding hydrogens is 386 g/mol. The third kappa shape index (κ3) is 4.01. The summed E-state index contributed by atoms with van der Waals surface area (Å²) in [5, 5.41) is 0. The zero-order valence-electron chi connectivity index (χ0n) is 17.6. The Morgan fingerprint density at radius 1 is 0.933 bits per heavy atom. The molecule has 30 heavy (non-hydrogen) atoms. The fraction of sp³-hybridized carbons (Fsp3) is 0.591. The SMILES string of the molecule is COc1cc(CN2C[C@@H]3C(=O)N(CCCN4CCCC4=O)C(=O)[C@@H]3C2)cc(OC)c1. The van der Waals surface area contributed by atoms with Gasteiger partial charge in [-0.25, -0.2) is 0 Å². The first kappa shape index (κ1) is 20.7. The van der Waals surface area contributed by atoms with E-state index in [-0.39, 0.29) is 29.6 Å². The topological polar surface area (TPSA) is 79.4 Å². The van der Waals surface area contributed by atoms with Gasteiger partial charge < -0.3 is 14.4 Å². The van der Waals surface area contributed by atoms with E-state index in [1.165, 1.54) is 4.90 Å². The van der Waals surface area contributed by atoms with Crippen LogP contribution in [0.1, 0.15) is 24.8 Å². The van der Waals surface area contributed by atoms with E-state index >= 15 is 0 Å². The zero-order chi connectivity index (χ0) is 21.3. The fourth-order valence-electron chi connectivity index (χ4n) is 4.82. The van der Waals surface area contributed by atoms with Gasteiger partial charge in [0.05, 0.1) is 26.1 Å². The molecular formula is C22H29N3O5. The second-order valence-electron chi connectivity index (χ2n) is 8.29. The molecule has 0 unspecified atom stereocenters. The number of nitrogens with zero attached hydrogens (tertiary/aromatic N) is 3. The van der Waals surface area contributed by atoms with Crippen LogP contribution in [-0.4, -0.2) is 79.4 Å². The van der Waals surface area contributed by atoms with Gasteiger partial charge in [-0.3, -0.25) is 24.2 Å². The minimum Gasteiger partial charge on any atom is -0.497 e. The Bertz CT molecular complexity index is 796. The Morgan fingerprint density at radius 2 is 1.57 bits per heavy atom. The average Bonchev–Trinajstić information content (AvgIpc) is 3.40. The molecule has 3 amide bonds. The number of hydrogen-bond donors (Lipinski definition) is 0. The van der Waals surface area contributed by atoms with E-state index in [0.717, 1.165) is 30.0 Å². The van der Waals surface area contributed by atoms with E-state index < -0.39 is 0 Å². The second-order valence-corrected chi connectivity index (χ2v) is 8.29. The number of benzene rings is 1. The van der Waals surface area contributed by atoms with Gasteiger partial charge in [0.15, 0.2) is 0 Å². The Labute approximate surface area is 176 Å². The van der Waals surface area contributed by atoms with Gasteiger partial charge in [-0.05, 0) is 30.5 Å². The van der Waals surface area contributed by atoms with Gasteiger partial charge in [0.2, 0.25) is 17.7 Å². The normalized spacial score (nSPS) is 24.1. The summed E-state index contributed by atoms with van der Waals surface area (Å²) in [5.74, 6) is 0.955. The third-order valence-electron chi connectivity index (χ3n) is 6.36. The molecule has 0 bridgehead atoms. The number of fused-ring (bicyclic) bond motifs is 1. The molecule has 0 aromatic heterocycles. The molecule has 3 aliphatic heterocycles. The van der Waals surface area contributed by atoms with Crippen LogP contribution in [0.15, 0.2) is 18.2 Å². The van der Waals surface area contributed by atoms with E-state index in [1.807, 2.05) is 23.1 Å². The van der Waals surface area contributed by atoms with Crippen LogP contribution >= 0.6 is 0 Å². The highest BCUT2D eigenvalue weighted by Crippen LogP contribution is 2.35. The molecule has 0 saturated carbocycles. The van der Waals surface area contributed by atoms with Gasteiger partial charge in [0.25, 0.3) is 0 Å². The van der Waals surface area contributed by atoms with Crippen molar-refractivity contribution < 1.29 is 23.9 Å². The van der Waals surface area contributed by atoms with Crippen molar-refractivity contribution in [2.45, 2.75) is 25.8 Å². The Morgan fingerprint density at radius 3 is 2.10 bits per heavy atom. The van der Waals surface area contributed by atoms with E-state index in [2.05, 4.69) is 4.90 Å². The summed E-state index contributed by atoms with van der Waals surface area (Å²) in [5.41, 5.74) is 1.03. The van der Waals surface area contributed by atoms with Crippen molar-refractivity contribution in [2.75, 3.05) is 46.9 Å². The molecule has 0 radical (unpaired) electrons. The molecule has 162 valence electrons. The predicted octanol–water partition coefficient (Wildman–Crippen LogP) is 1.13. The molecule has 8 nitrogen and oxygen atoms in total. The molecule has 0 N–H and O–H groups in total. The lowest BCUT2D eigenvalue weighted by molar-refractivity contribution is -0.140. The van der Waals surface area contributed by atoms with Crippen molar-refractivity contribution >= 4 is 17.7 Å². The molecule has 3 heterocycles. The molecule has 3 aliphatic rings. The van der Waals surface area contributed by atoms with E-state index in [4.69, 9.17) is 9.47 Å².